The fourth-order valence-corrected chi connectivity index (χ4v) is 1.36. The smallest absolute Gasteiger partial charge is 0.404 e. The Morgan fingerprint density at radius 1 is 1.50 bits per heavy atom. The van der Waals surface area contributed by atoms with Gasteiger partial charge in [-0.05, 0) is 19.9 Å². The van der Waals surface area contributed by atoms with Gasteiger partial charge >= 0.3 is 5.43 Å². The second-order valence-corrected chi connectivity index (χ2v) is 3.17. The van der Waals surface area contributed by atoms with E-state index in [0.717, 1.165) is 25.9 Å². The third-order valence-corrected chi connectivity index (χ3v) is 2.01. The lowest BCUT2D eigenvalue weighted by Crippen LogP contribution is -2.34. The SMILES string of the molecule is CN1CCC(OC(=O)Cl)CC1.Cl. The van der Waals surface area contributed by atoms with E-state index in [-0.39, 0.29) is 18.5 Å². The first-order valence-corrected chi connectivity index (χ1v) is 4.11. The molecule has 0 saturated carbocycles. The zero-order valence-corrected chi connectivity index (χ0v) is 8.53. The summed E-state index contributed by atoms with van der Waals surface area (Å²) in [6.45, 7) is 1.96. The first kappa shape index (κ1) is 12.0. The van der Waals surface area contributed by atoms with Crippen LogP contribution < -0.4 is 0 Å². The number of hydrogen-bond acceptors (Lipinski definition) is 3. The number of likely N-dealkylation sites (tertiary alicyclic amines) is 1. The van der Waals surface area contributed by atoms with E-state index in [9.17, 15) is 4.79 Å². The summed E-state index contributed by atoms with van der Waals surface area (Å²) in [5.74, 6) is 0. The molecule has 0 atom stereocenters. The van der Waals surface area contributed by atoms with E-state index >= 15 is 0 Å². The van der Waals surface area contributed by atoms with Crippen molar-refractivity contribution in [1.29, 1.82) is 0 Å². The maximum absolute atomic E-state index is 10.3. The fourth-order valence-electron chi connectivity index (χ4n) is 1.23. The lowest BCUT2D eigenvalue weighted by molar-refractivity contribution is 0.0733. The van der Waals surface area contributed by atoms with Gasteiger partial charge in [-0.15, -0.1) is 12.4 Å². The predicted octanol–water partition coefficient (Wildman–Crippen LogP) is 1.88. The molecule has 0 aromatic heterocycles. The molecule has 1 aliphatic rings. The molecule has 3 nitrogen and oxygen atoms in total. The normalized spacial score (nSPS) is 19.8. The third-order valence-electron chi connectivity index (χ3n) is 1.92. The van der Waals surface area contributed by atoms with Crippen molar-refractivity contribution in [2.75, 3.05) is 20.1 Å². The third kappa shape index (κ3) is 4.14. The van der Waals surface area contributed by atoms with Crippen LogP contribution in [0.4, 0.5) is 4.79 Å². The highest BCUT2D eigenvalue weighted by atomic mass is 35.5. The Kier molecular flexibility index (Phi) is 5.63. The molecule has 0 bridgehead atoms. The van der Waals surface area contributed by atoms with E-state index in [1.165, 1.54) is 0 Å². The van der Waals surface area contributed by atoms with Crippen molar-refractivity contribution in [2.45, 2.75) is 18.9 Å². The quantitative estimate of drug-likeness (QED) is 0.624. The van der Waals surface area contributed by atoms with Gasteiger partial charge in [-0.1, -0.05) is 0 Å². The van der Waals surface area contributed by atoms with Crippen LogP contribution >= 0.6 is 24.0 Å². The molecule has 1 saturated heterocycles. The van der Waals surface area contributed by atoms with Crippen LogP contribution in [-0.4, -0.2) is 36.6 Å². The Hall–Kier alpha value is 0.01000. The lowest BCUT2D eigenvalue weighted by atomic mass is 10.1. The van der Waals surface area contributed by atoms with E-state index in [0.29, 0.717) is 0 Å². The van der Waals surface area contributed by atoms with Crippen molar-refractivity contribution in [3.05, 3.63) is 0 Å². The van der Waals surface area contributed by atoms with E-state index in [4.69, 9.17) is 16.3 Å². The summed E-state index contributed by atoms with van der Waals surface area (Å²) < 4.78 is 4.84. The fraction of sp³-hybridized carbons (Fsp3) is 0.857. The minimum absolute atomic E-state index is 0. The summed E-state index contributed by atoms with van der Waals surface area (Å²) in [6.07, 6.45) is 1.83. The number of carbonyl (C=O) groups excluding carboxylic acids is 1. The molecule has 12 heavy (non-hydrogen) atoms. The Balaban J connectivity index is 0.00000121. The predicted molar refractivity (Wildman–Crippen MR) is 50.1 cm³/mol. The molecule has 0 radical (unpaired) electrons. The highest BCUT2D eigenvalue weighted by molar-refractivity contribution is 6.61. The van der Waals surface area contributed by atoms with Crippen molar-refractivity contribution in [1.82, 2.24) is 4.90 Å². The molecule has 0 amide bonds. The molecule has 5 heteroatoms. The number of piperidine rings is 1. The summed E-state index contributed by atoms with van der Waals surface area (Å²) in [7, 11) is 2.05. The second-order valence-electron chi connectivity index (χ2n) is 2.86. The number of rotatable bonds is 1. The number of ether oxygens (including phenoxy) is 1. The molecular formula is C7H13Cl2NO2. The monoisotopic (exact) mass is 213 g/mol. The molecule has 0 aromatic carbocycles. The van der Waals surface area contributed by atoms with E-state index in [2.05, 4.69) is 11.9 Å². The van der Waals surface area contributed by atoms with Gasteiger partial charge in [-0.3, -0.25) is 0 Å². The molecule has 1 aliphatic heterocycles. The van der Waals surface area contributed by atoms with Crippen LogP contribution in [0, 0.1) is 0 Å². The number of carbonyl (C=O) groups is 1. The average Bonchev–Trinajstić information content (AvgIpc) is 1.93. The van der Waals surface area contributed by atoms with E-state index in [1.807, 2.05) is 0 Å². The summed E-state index contributed by atoms with van der Waals surface area (Å²) >= 11 is 5.07. The topological polar surface area (TPSA) is 29.5 Å². The van der Waals surface area contributed by atoms with Gasteiger partial charge in [0.2, 0.25) is 0 Å². The van der Waals surface area contributed by atoms with Crippen LogP contribution in [0.2, 0.25) is 0 Å². The van der Waals surface area contributed by atoms with Crippen molar-refractivity contribution in [3.8, 4) is 0 Å². The van der Waals surface area contributed by atoms with Crippen LogP contribution in [-0.2, 0) is 4.74 Å². The van der Waals surface area contributed by atoms with Crippen LogP contribution in [0.15, 0.2) is 0 Å². The molecule has 1 rings (SSSR count). The summed E-state index contributed by atoms with van der Waals surface area (Å²) in [4.78, 5) is 12.5. The van der Waals surface area contributed by atoms with Gasteiger partial charge in [0, 0.05) is 24.7 Å². The van der Waals surface area contributed by atoms with Gasteiger partial charge < -0.3 is 9.64 Å². The van der Waals surface area contributed by atoms with Crippen LogP contribution in [0.1, 0.15) is 12.8 Å². The Bertz CT molecular complexity index is 146. The molecule has 1 fully saturated rings. The lowest BCUT2D eigenvalue weighted by Gasteiger charge is -2.27. The van der Waals surface area contributed by atoms with Crippen LogP contribution in [0.3, 0.4) is 0 Å². The maximum atomic E-state index is 10.3. The Labute approximate surface area is 83.4 Å². The maximum Gasteiger partial charge on any atom is 0.404 e. The summed E-state index contributed by atoms with van der Waals surface area (Å²) in [5.41, 5.74) is -0.681. The molecule has 0 unspecified atom stereocenters. The summed E-state index contributed by atoms with van der Waals surface area (Å²) in [6, 6.07) is 0. The molecule has 1 heterocycles. The molecule has 0 N–H and O–H groups in total. The largest absolute Gasteiger partial charge is 0.450 e. The van der Waals surface area contributed by atoms with Gasteiger partial charge in [0.1, 0.15) is 6.10 Å². The molecular weight excluding hydrogens is 201 g/mol. The average molecular weight is 214 g/mol. The van der Waals surface area contributed by atoms with Gasteiger partial charge in [0.15, 0.2) is 0 Å². The zero-order valence-electron chi connectivity index (χ0n) is 6.96. The van der Waals surface area contributed by atoms with Gasteiger partial charge in [-0.25, -0.2) is 4.79 Å². The highest BCUT2D eigenvalue weighted by Crippen LogP contribution is 2.12. The molecule has 72 valence electrons. The zero-order chi connectivity index (χ0) is 8.27. The molecule has 0 aliphatic carbocycles. The van der Waals surface area contributed by atoms with Gasteiger partial charge in [0.05, 0.1) is 0 Å². The summed E-state index contributed by atoms with van der Waals surface area (Å²) in [5, 5.41) is 0. The second kappa shape index (κ2) is 5.62. The van der Waals surface area contributed by atoms with Gasteiger partial charge in [-0.2, -0.15) is 0 Å². The minimum Gasteiger partial charge on any atom is -0.450 e. The number of halogens is 2. The molecule has 0 aromatic rings. The highest BCUT2D eigenvalue weighted by Gasteiger charge is 2.18. The standard InChI is InChI=1S/C7H12ClNO2.ClH/c1-9-4-2-6(3-5-9)11-7(8)10;/h6H,2-5H2,1H3;1H. The first-order chi connectivity index (χ1) is 5.18. The van der Waals surface area contributed by atoms with Crippen molar-refractivity contribution in [3.63, 3.8) is 0 Å². The van der Waals surface area contributed by atoms with Crippen molar-refractivity contribution in [2.24, 2.45) is 0 Å². The first-order valence-electron chi connectivity index (χ1n) is 3.73. The molecule has 0 spiro atoms. The minimum atomic E-state index is -0.681. The van der Waals surface area contributed by atoms with Gasteiger partial charge in [0.25, 0.3) is 0 Å². The van der Waals surface area contributed by atoms with Crippen molar-refractivity contribution >= 4 is 29.4 Å². The van der Waals surface area contributed by atoms with Crippen LogP contribution in [0.5, 0.6) is 0 Å². The van der Waals surface area contributed by atoms with Crippen LogP contribution in [0.25, 0.3) is 0 Å². The van der Waals surface area contributed by atoms with E-state index in [1.54, 1.807) is 0 Å². The number of nitrogens with zero attached hydrogens (tertiary/aromatic N) is 1. The number of hydrogen-bond donors (Lipinski definition) is 0. The Morgan fingerprint density at radius 3 is 2.42 bits per heavy atom. The van der Waals surface area contributed by atoms with Crippen molar-refractivity contribution < 1.29 is 9.53 Å². The van der Waals surface area contributed by atoms with E-state index < -0.39 is 5.43 Å². The Morgan fingerprint density at radius 2 is 2.00 bits per heavy atom.